The topological polar surface area (TPSA) is 19.0 Å². The number of likely N-dealkylation sites (N-methyl/N-ethyl adjacent to an activating group) is 1. The first-order chi connectivity index (χ1) is 13.0. The van der Waals surface area contributed by atoms with Crippen LogP contribution in [0, 0.1) is 5.92 Å². The molecule has 0 atom stereocenters. The molecule has 152 valence electrons. The van der Waals surface area contributed by atoms with Gasteiger partial charge in [-0.3, -0.25) is 4.90 Å². The summed E-state index contributed by atoms with van der Waals surface area (Å²) in [4.78, 5) is 7.40. The van der Waals surface area contributed by atoms with Crippen molar-refractivity contribution < 1.29 is 4.74 Å². The number of hydrogen-bond acceptors (Lipinski definition) is 4. The number of ether oxygens (including phenoxy) is 1. The van der Waals surface area contributed by atoms with E-state index >= 15 is 0 Å². The van der Waals surface area contributed by atoms with E-state index in [-0.39, 0.29) is 0 Å². The van der Waals surface area contributed by atoms with E-state index in [1.165, 1.54) is 36.9 Å². The quantitative estimate of drug-likeness (QED) is 0.612. The summed E-state index contributed by atoms with van der Waals surface area (Å²) in [5.41, 5.74) is 2.78. The summed E-state index contributed by atoms with van der Waals surface area (Å²) in [6.07, 6.45) is 5.35. The van der Waals surface area contributed by atoms with Crippen molar-refractivity contribution in [2.24, 2.45) is 5.92 Å². The molecule has 1 heterocycles. The molecule has 0 bridgehead atoms. The zero-order valence-corrected chi connectivity index (χ0v) is 17.9. The van der Waals surface area contributed by atoms with Gasteiger partial charge in [0.15, 0.2) is 0 Å². The molecule has 1 saturated carbocycles. The SMILES string of the molecule is CC(C)CCCO[C@H]1C[C@H](N(C)Cc2ccc(N3CCN(C)CC3)cc2)C1. The van der Waals surface area contributed by atoms with Crippen molar-refractivity contribution in [3.05, 3.63) is 29.8 Å². The second-order valence-electron chi connectivity index (χ2n) is 9.03. The summed E-state index contributed by atoms with van der Waals surface area (Å²) in [5.74, 6) is 0.788. The van der Waals surface area contributed by atoms with E-state index < -0.39 is 0 Å². The monoisotopic (exact) mass is 373 g/mol. The molecule has 2 aliphatic rings. The lowest BCUT2D eigenvalue weighted by atomic mass is 9.88. The first-order valence-electron chi connectivity index (χ1n) is 10.9. The molecule has 1 aromatic carbocycles. The fraction of sp³-hybridized carbons (Fsp3) is 0.739. The van der Waals surface area contributed by atoms with Crippen molar-refractivity contribution in [3.8, 4) is 0 Å². The summed E-state index contributed by atoms with van der Waals surface area (Å²) in [7, 11) is 4.46. The third kappa shape index (κ3) is 6.20. The lowest BCUT2D eigenvalue weighted by Gasteiger charge is -2.41. The molecule has 0 amide bonds. The molecule has 1 aliphatic carbocycles. The third-order valence-corrected chi connectivity index (χ3v) is 6.21. The smallest absolute Gasteiger partial charge is 0.0605 e. The molecule has 0 spiro atoms. The predicted molar refractivity (Wildman–Crippen MR) is 114 cm³/mol. The van der Waals surface area contributed by atoms with Gasteiger partial charge in [0.1, 0.15) is 0 Å². The zero-order chi connectivity index (χ0) is 19.2. The van der Waals surface area contributed by atoms with E-state index in [0.29, 0.717) is 12.1 Å². The van der Waals surface area contributed by atoms with E-state index in [1.54, 1.807) is 0 Å². The van der Waals surface area contributed by atoms with Crippen LogP contribution in [0.3, 0.4) is 0 Å². The maximum Gasteiger partial charge on any atom is 0.0605 e. The summed E-state index contributed by atoms with van der Waals surface area (Å²) in [5, 5.41) is 0. The highest BCUT2D eigenvalue weighted by atomic mass is 16.5. The van der Waals surface area contributed by atoms with Crippen LogP contribution >= 0.6 is 0 Å². The highest BCUT2D eigenvalue weighted by Gasteiger charge is 2.32. The number of anilines is 1. The second kappa shape index (κ2) is 9.90. The number of rotatable bonds is 9. The standard InChI is InChI=1S/C23H39N3O/c1-19(2)6-5-15-27-23-16-22(17-23)25(4)18-20-7-9-21(10-8-20)26-13-11-24(3)12-14-26/h7-10,19,22-23H,5-6,11-18H2,1-4H3/t22-,23-. The minimum atomic E-state index is 0.490. The molecule has 0 N–H and O–H groups in total. The normalized spacial score (nSPS) is 23.9. The van der Waals surface area contributed by atoms with Crippen LogP contribution in [-0.4, -0.2) is 68.8 Å². The third-order valence-electron chi connectivity index (χ3n) is 6.21. The molecule has 1 saturated heterocycles. The average molecular weight is 374 g/mol. The van der Waals surface area contributed by atoms with Crippen LogP contribution in [0.15, 0.2) is 24.3 Å². The highest BCUT2D eigenvalue weighted by Crippen LogP contribution is 2.29. The number of benzene rings is 1. The highest BCUT2D eigenvalue weighted by molar-refractivity contribution is 5.48. The maximum atomic E-state index is 6.01. The van der Waals surface area contributed by atoms with Crippen molar-refractivity contribution in [1.29, 1.82) is 0 Å². The lowest BCUT2D eigenvalue weighted by molar-refractivity contribution is -0.0483. The van der Waals surface area contributed by atoms with Crippen molar-refractivity contribution in [1.82, 2.24) is 9.80 Å². The minimum absolute atomic E-state index is 0.490. The van der Waals surface area contributed by atoms with E-state index in [1.807, 2.05) is 0 Å². The molecule has 0 unspecified atom stereocenters. The minimum Gasteiger partial charge on any atom is -0.378 e. The van der Waals surface area contributed by atoms with E-state index in [2.05, 4.69) is 66.9 Å². The summed E-state index contributed by atoms with van der Waals surface area (Å²) in [6, 6.07) is 9.90. The van der Waals surface area contributed by atoms with Gasteiger partial charge in [-0.2, -0.15) is 0 Å². The fourth-order valence-electron chi connectivity index (χ4n) is 4.07. The first kappa shape index (κ1) is 20.6. The molecule has 1 aliphatic heterocycles. The Morgan fingerprint density at radius 1 is 1.07 bits per heavy atom. The molecule has 2 fully saturated rings. The van der Waals surface area contributed by atoms with Crippen molar-refractivity contribution in [2.75, 3.05) is 51.8 Å². The van der Waals surface area contributed by atoms with Gasteiger partial charge in [0.05, 0.1) is 6.10 Å². The van der Waals surface area contributed by atoms with Gasteiger partial charge < -0.3 is 14.5 Å². The van der Waals surface area contributed by atoms with Gasteiger partial charge in [0, 0.05) is 51.1 Å². The Balaban J connectivity index is 1.36. The number of hydrogen-bond donors (Lipinski definition) is 0. The van der Waals surface area contributed by atoms with Gasteiger partial charge in [-0.15, -0.1) is 0 Å². The second-order valence-corrected chi connectivity index (χ2v) is 9.03. The van der Waals surface area contributed by atoms with E-state index in [0.717, 1.165) is 45.2 Å². The number of piperazine rings is 1. The van der Waals surface area contributed by atoms with Gasteiger partial charge in [-0.05, 0) is 63.4 Å². The van der Waals surface area contributed by atoms with Crippen molar-refractivity contribution >= 4 is 5.69 Å². The Kier molecular flexibility index (Phi) is 7.57. The lowest BCUT2D eigenvalue weighted by Crippen LogP contribution is -2.46. The van der Waals surface area contributed by atoms with Crippen molar-refractivity contribution in [3.63, 3.8) is 0 Å². The van der Waals surface area contributed by atoms with Gasteiger partial charge in [0.25, 0.3) is 0 Å². The fourth-order valence-corrected chi connectivity index (χ4v) is 4.07. The molecule has 27 heavy (non-hydrogen) atoms. The van der Waals surface area contributed by atoms with Crippen LogP contribution in [-0.2, 0) is 11.3 Å². The van der Waals surface area contributed by atoms with Crippen LogP contribution in [0.5, 0.6) is 0 Å². The molecule has 3 rings (SSSR count). The van der Waals surface area contributed by atoms with Crippen LogP contribution in [0.4, 0.5) is 5.69 Å². The van der Waals surface area contributed by atoms with Crippen LogP contribution in [0.1, 0.15) is 45.1 Å². The Labute approximate surface area is 166 Å². The summed E-state index contributed by atoms with van der Waals surface area (Å²) >= 11 is 0. The van der Waals surface area contributed by atoms with E-state index in [4.69, 9.17) is 4.74 Å². The van der Waals surface area contributed by atoms with Gasteiger partial charge >= 0.3 is 0 Å². The van der Waals surface area contributed by atoms with Gasteiger partial charge in [-0.1, -0.05) is 26.0 Å². The maximum absolute atomic E-state index is 6.01. The Morgan fingerprint density at radius 2 is 1.74 bits per heavy atom. The largest absolute Gasteiger partial charge is 0.378 e. The van der Waals surface area contributed by atoms with Gasteiger partial charge in [-0.25, -0.2) is 0 Å². The Morgan fingerprint density at radius 3 is 2.37 bits per heavy atom. The first-order valence-corrected chi connectivity index (χ1v) is 10.9. The van der Waals surface area contributed by atoms with Crippen LogP contribution in [0.2, 0.25) is 0 Å². The molecule has 1 aromatic rings. The number of nitrogens with zero attached hydrogens (tertiary/aromatic N) is 3. The molecule has 0 radical (unpaired) electrons. The van der Waals surface area contributed by atoms with Crippen molar-refractivity contribution in [2.45, 2.75) is 58.2 Å². The molecule has 4 nitrogen and oxygen atoms in total. The van der Waals surface area contributed by atoms with Gasteiger partial charge in [0.2, 0.25) is 0 Å². The molecule has 4 heteroatoms. The Hall–Kier alpha value is -1.10. The molecular weight excluding hydrogens is 334 g/mol. The van der Waals surface area contributed by atoms with Crippen LogP contribution < -0.4 is 4.90 Å². The summed E-state index contributed by atoms with van der Waals surface area (Å²) in [6.45, 7) is 11.1. The molecule has 0 aromatic heterocycles. The Bertz CT molecular complexity index is 545. The zero-order valence-electron chi connectivity index (χ0n) is 17.9. The average Bonchev–Trinajstić information content (AvgIpc) is 2.61. The summed E-state index contributed by atoms with van der Waals surface area (Å²) < 4.78 is 6.01. The van der Waals surface area contributed by atoms with E-state index in [9.17, 15) is 0 Å². The van der Waals surface area contributed by atoms with Crippen LogP contribution in [0.25, 0.3) is 0 Å². The molecular formula is C23H39N3O. The predicted octanol–water partition coefficient (Wildman–Crippen LogP) is 3.85.